The van der Waals surface area contributed by atoms with Crippen LogP contribution in [0.25, 0.3) is 0 Å². The number of pyridine rings is 1. The average Bonchev–Trinajstić information content (AvgIpc) is 2.01. The van der Waals surface area contributed by atoms with Gasteiger partial charge in [-0.3, -0.25) is 4.98 Å². The summed E-state index contributed by atoms with van der Waals surface area (Å²) in [6.45, 7) is 6.37. The third-order valence-electron chi connectivity index (χ3n) is 2.02. The van der Waals surface area contributed by atoms with Crippen molar-refractivity contribution in [3.63, 3.8) is 0 Å². The maximum Gasteiger partial charge on any atom is 0.0410 e. The molecule has 1 rings (SSSR count). The zero-order chi connectivity index (χ0) is 10.1. The number of rotatable bonds is 1. The lowest BCUT2D eigenvalue weighted by Crippen LogP contribution is -2.26. The van der Waals surface area contributed by atoms with Crippen molar-refractivity contribution in [1.29, 1.82) is 0 Å². The molecule has 0 aromatic carbocycles. The van der Waals surface area contributed by atoms with Gasteiger partial charge in [-0.15, -0.1) is 12.4 Å². The lowest BCUT2D eigenvalue weighted by atomic mass is 9.84. The van der Waals surface area contributed by atoms with Gasteiger partial charge in [0.05, 0.1) is 0 Å². The summed E-state index contributed by atoms with van der Waals surface area (Å²) >= 11 is 3.38. The van der Waals surface area contributed by atoms with Crippen LogP contribution in [0.1, 0.15) is 32.4 Å². The molecule has 1 heterocycles. The smallest absolute Gasteiger partial charge is 0.0410 e. The lowest BCUT2D eigenvalue weighted by Gasteiger charge is -2.27. The molecule has 1 aromatic heterocycles. The minimum Gasteiger partial charge on any atom is -0.323 e. The van der Waals surface area contributed by atoms with Crippen LogP contribution in [-0.2, 0) is 0 Å². The maximum absolute atomic E-state index is 6.08. The highest BCUT2D eigenvalue weighted by Crippen LogP contribution is 2.30. The van der Waals surface area contributed by atoms with Crippen LogP contribution >= 0.6 is 28.3 Å². The van der Waals surface area contributed by atoms with Crippen LogP contribution in [0.3, 0.4) is 0 Å². The van der Waals surface area contributed by atoms with E-state index in [1.807, 2.05) is 12.3 Å². The third-order valence-corrected chi connectivity index (χ3v) is 2.45. The molecule has 0 aliphatic heterocycles. The zero-order valence-corrected chi connectivity index (χ0v) is 11.0. The van der Waals surface area contributed by atoms with Crippen LogP contribution in [0.2, 0.25) is 0 Å². The Morgan fingerprint density at radius 3 is 2.36 bits per heavy atom. The Hall–Kier alpha value is -0.120. The molecule has 0 radical (unpaired) electrons. The highest BCUT2D eigenvalue weighted by atomic mass is 79.9. The van der Waals surface area contributed by atoms with E-state index in [0.717, 1.165) is 10.0 Å². The van der Waals surface area contributed by atoms with Crippen molar-refractivity contribution in [3.05, 3.63) is 28.5 Å². The third kappa shape index (κ3) is 3.56. The molecule has 1 aromatic rings. The van der Waals surface area contributed by atoms with Crippen LogP contribution in [0, 0.1) is 5.41 Å². The highest BCUT2D eigenvalue weighted by Gasteiger charge is 2.22. The van der Waals surface area contributed by atoms with Crippen molar-refractivity contribution in [2.75, 3.05) is 0 Å². The molecule has 1 atom stereocenters. The molecule has 0 unspecified atom stereocenters. The molecular formula is C10H16BrClN2. The van der Waals surface area contributed by atoms with E-state index < -0.39 is 0 Å². The lowest BCUT2D eigenvalue weighted by molar-refractivity contribution is 0.326. The molecule has 0 aliphatic rings. The first-order valence-corrected chi connectivity index (χ1v) is 5.06. The van der Waals surface area contributed by atoms with Gasteiger partial charge in [-0.1, -0.05) is 20.8 Å². The number of nitrogens with zero attached hydrogens (tertiary/aromatic N) is 1. The van der Waals surface area contributed by atoms with Gasteiger partial charge in [-0.05, 0) is 33.0 Å². The largest absolute Gasteiger partial charge is 0.323 e. The van der Waals surface area contributed by atoms with E-state index in [2.05, 4.69) is 41.7 Å². The zero-order valence-electron chi connectivity index (χ0n) is 8.62. The number of hydrogen-bond donors (Lipinski definition) is 1. The summed E-state index contributed by atoms with van der Waals surface area (Å²) in [5.74, 6) is 0. The van der Waals surface area contributed by atoms with Gasteiger partial charge in [0.2, 0.25) is 0 Å². The van der Waals surface area contributed by atoms with E-state index in [1.165, 1.54) is 0 Å². The quantitative estimate of drug-likeness (QED) is 0.856. The molecule has 2 N–H and O–H groups in total. The molecule has 0 fully saturated rings. The fraction of sp³-hybridized carbons (Fsp3) is 0.500. The van der Waals surface area contributed by atoms with Gasteiger partial charge >= 0.3 is 0 Å². The fourth-order valence-corrected chi connectivity index (χ4v) is 1.48. The van der Waals surface area contributed by atoms with E-state index in [1.54, 1.807) is 6.20 Å². The van der Waals surface area contributed by atoms with Gasteiger partial charge in [0.15, 0.2) is 0 Å². The average molecular weight is 280 g/mol. The van der Waals surface area contributed by atoms with Gasteiger partial charge in [0.25, 0.3) is 0 Å². The van der Waals surface area contributed by atoms with Crippen LogP contribution < -0.4 is 5.73 Å². The first-order chi connectivity index (χ1) is 5.91. The monoisotopic (exact) mass is 278 g/mol. The molecular weight excluding hydrogens is 263 g/mol. The topological polar surface area (TPSA) is 38.9 Å². The molecule has 0 aliphatic carbocycles. The first-order valence-electron chi connectivity index (χ1n) is 4.27. The summed E-state index contributed by atoms with van der Waals surface area (Å²) in [7, 11) is 0. The van der Waals surface area contributed by atoms with E-state index in [-0.39, 0.29) is 23.9 Å². The Kier molecular flexibility index (Phi) is 5.06. The Balaban J connectivity index is 0.00000169. The van der Waals surface area contributed by atoms with Gasteiger partial charge < -0.3 is 5.73 Å². The van der Waals surface area contributed by atoms with Crippen molar-refractivity contribution >= 4 is 28.3 Å². The van der Waals surface area contributed by atoms with Gasteiger partial charge in [0, 0.05) is 22.9 Å². The molecule has 80 valence electrons. The van der Waals surface area contributed by atoms with Crippen molar-refractivity contribution < 1.29 is 0 Å². The molecule has 2 nitrogen and oxygen atoms in total. The second kappa shape index (κ2) is 5.10. The number of halogens is 2. The van der Waals surface area contributed by atoms with Crippen molar-refractivity contribution in [2.24, 2.45) is 11.1 Å². The van der Waals surface area contributed by atoms with E-state index >= 15 is 0 Å². The van der Waals surface area contributed by atoms with Gasteiger partial charge in [-0.25, -0.2) is 0 Å². The first kappa shape index (κ1) is 13.9. The summed E-state index contributed by atoms with van der Waals surface area (Å²) in [6.07, 6.45) is 3.58. The maximum atomic E-state index is 6.08. The normalized spacial score (nSPS) is 13.2. The SMILES string of the molecule is CC(C)(C)[C@H](N)c1cncc(Br)c1.Cl. The standard InChI is InChI=1S/C10H15BrN2.ClH/c1-10(2,3)9(12)7-4-8(11)6-13-5-7;/h4-6,9H,12H2,1-3H3;1H/t9-;/m1./s1. The Bertz CT molecular complexity index is 296. The van der Waals surface area contributed by atoms with E-state index in [0.29, 0.717) is 0 Å². The van der Waals surface area contributed by atoms with Crippen LogP contribution in [0.5, 0.6) is 0 Å². The second-order valence-electron chi connectivity index (χ2n) is 4.28. The van der Waals surface area contributed by atoms with Crippen molar-refractivity contribution in [1.82, 2.24) is 4.98 Å². The van der Waals surface area contributed by atoms with Crippen LogP contribution in [0.15, 0.2) is 22.9 Å². The minimum absolute atomic E-state index is 0. The van der Waals surface area contributed by atoms with Gasteiger partial charge in [0.1, 0.15) is 0 Å². The van der Waals surface area contributed by atoms with E-state index in [9.17, 15) is 0 Å². The molecule has 0 bridgehead atoms. The van der Waals surface area contributed by atoms with Crippen LogP contribution in [0.4, 0.5) is 0 Å². The Morgan fingerprint density at radius 1 is 1.36 bits per heavy atom. The summed E-state index contributed by atoms with van der Waals surface area (Å²) in [4.78, 5) is 4.09. The number of hydrogen-bond acceptors (Lipinski definition) is 2. The molecule has 0 saturated carbocycles. The second-order valence-corrected chi connectivity index (χ2v) is 5.20. The van der Waals surface area contributed by atoms with Crippen molar-refractivity contribution in [3.8, 4) is 0 Å². The molecule has 0 amide bonds. The molecule has 14 heavy (non-hydrogen) atoms. The Morgan fingerprint density at radius 2 is 1.93 bits per heavy atom. The summed E-state index contributed by atoms with van der Waals surface area (Å²) < 4.78 is 0.977. The number of aromatic nitrogens is 1. The van der Waals surface area contributed by atoms with Crippen molar-refractivity contribution in [2.45, 2.75) is 26.8 Å². The fourth-order valence-electron chi connectivity index (χ4n) is 1.10. The molecule has 0 saturated heterocycles. The van der Waals surface area contributed by atoms with Gasteiger partial charge in [-0.2, -0.15) is 0 Å². The Labute approximate surface area is 99.8 Å². The van der Waals surface area contributed by atoms with Crippen LogP contribution in [-0.4, -0.2) is 4.98 Å². The summed E-state index contributed by atoms with van der Waals surface area (Å²) in [6, 6.07) is 2.04. The summed E-state index contributed by atoms with van der Waals surface area (Å²) in [5, 5.41) is 0. The minimum atomic E-state index is 0. The predicted octanol–water partition coefficient (Wildman–Crippen LogP) is 3.31. The molecule has 4 heteroatoms. The molecule has 0 spiro atoms. The summed E-state index contributed by atoms with van der Waals surface area (Å²) in [5.41, 5.74) is 7.22. The van der Waals surface area contributed by atoms with E-state index in [4.69, 9.17) is 5.73 Å². The highest BCUT2D eigenvalue weighted by molar-refractivity contribution is 9.10. The predicted molar refractivity (Wildman–Crippen MR) is 65.6 cm³/mol. The number of nitrogens with two attached hydrogens (primary N) is 1.